The van der Waals surface area contributed by atoms with Crippen molar-refractivity contribution in [1.29, 1.82) is 0 Å². The van der Waals surface area contributed by atoms with Crippen molar-refractivity contribution in [2.24, 2.45) is 0 Å². The standard InChI is InChI=1S/C23H17N3/c1-2-6-18(7-3-1)10-11-19-8-5-15-25-23(19)21-12-13-22(26-17-21)20-9-4-14-24-16-20/h1-17H. The van der Waals surface area contributed by atoms with Gasteiger partial charge in [-0.05, 0) is 35.9 Å². The predicted octanol–water partition coefficient (Wildman–Crippen LogP) is 5.38. The Kier molecular flexibility index (Phi) is 4.61. The molecule has 0 amide bonds. The Balaban J connectivity index is 1.65. The van der Waals surface area contributed by atoms with Gasteiger partial charge >= 0.3 is 0 Å². The van der Waals surface area contributed by atoms with Crippen LogP contribution < -0.4 is 0 Å². The Hall–Kier alpha value is -3.59. The van der Waals surface area contributed by atoms with Crippen molar-refractivity contribution in [2.75, 3.05) is 0 Å². The zero-order chi connectivity index (χ0) is 17.6. The Morgan fingerprint density at radius 1 is 0.615 bits per heavy atom. The third kappa shape index (κ3) is 3.57. The molecule has 3 aromatic heterocycles. The molecule has 0 bridgehead atoms. The highest BCUT2D eigenvalue weighted by atomic mass is 14.7. The second-order valence-electron chi connectivity index (χ2n) is 5.86. The zero-order valence-corrected chi connectivity index (χ0v) is 14.2. The van der Waals surface area contributed by atoms with Crippen molar-refractivity contribution in [1.82, 2.24) is 15.0 Å². The SMILES string of the molecule is C(=Cc1cccnc1-c1ccc(-c2cccnc2)nc1)c1ccccc1. The van der Waals surface area contributed by atoms with E-state index in [1.807, 2.05) is 61.1 Å². The maximum absolute atomic E-state index is 4.58. The number of rotatable bonds is 4. The number of benzene rings is 1. The van der Waals surface area contributed by atoms with Gasteiger partial charge in [0.15, 0.2) is 0 Å². The molecule has 0 aliphatic heterocycles. The smallest absolute Gasteiger partial charge is 0.0789 e. The quantitative estimate of drug-likeness (QED) is 0.503. The van der Waals surface area contributed by atoms with E-state index < -0.39 is 0 Å². The first-order valence-electron chi connectivity index (χ1n) is 8.45. The van der Waals surface area contributed by atoms with Crippen LogP contribution in [0.4, 0.5) is 0 Å². The molecule has 0 aliphatic carbocycles. The second kappa shape index (κ2) is 7.53. The number of pyridine rings is 3. The van der Waals surface area contributed by atoms with Gasteiger partial charge in [0, 0.05) is 41.5 Å². The minimum Gasteiger partial charge on any atom is -0.264 e. The van der Waals surface area contributed by atoms with Gasteiger partial charge in [-0.3, -0.25) is 15.0 Å². The van der Waals surface area contributed by atoms with E-state index in [1.165, 1.54) is 0 Å². The first-order chi connectivity index (χ1) is 12.9. The van der Waals surface area contributed by atoms with Crippen LogP contribution in [0.5, 0.6) is 0 Å². The summed E-state index contributed by atoms with van der Waals surface area (Å²) >= 11 is 0. The van der Waals surface area contributed by atoms with E-state index in [0.717, 1.165) is 33.6 Å². The second-order valence-corrected chi connectivity index (χ2v) is 5.86. The summed E-state index contributed by atoms with van der Waals surface area (Å²) in [6.45, 7) is 0. The summed E-state index contributed by atoms with van der Waals surface area (Å²) in [7, 11) is 0. The zero-order valence-electron chi connectivity index (χ0n) is 14.2. The normalized spacial score (nSPS) is 10.9. The number of hydrogen-bond acceptors (Lipinski definition) is 3. The van der Waals surface area contributed by atoms with Gasteiger partial charge < -0.3 is 0 Å². The molecule has 3 heteroatoms. The van der Waals surface area contributed by atoms with E-state index in [1.54, 1.807) is 6.20 Å². The summed E-state index contributed by atoms with van der Waals surface area (Å²) in [5.41, 5.74) is 6.04. The van der Waals surface area contributed by atoms with Crippen molar-refractivity contribution in [2.45, 2.75) is 0 Å². The van der Waals surface area contributed by atoms with Gasteiger partial charge in [-0.25, -0.2) is 0 Å². The van der Waals surface area contributed by atoms with Crippen LogP contribution in [0.2, 0.25) is 0 Å². The molecule has 0 N–H and O–H groups in total. The summed E-state index contributed by atoms with van der Waals surface area (Å²) in [6, 6.07) is 22.2. The summed E-state index contributed by atoms with van der Waals surface area (Å²) in [5, 5.41) is 0. The average Bonchev–Trinajstić information content (AvgIpc) is 2.74. The number of aromatic nitrogens is 3. The largest absolute Gasteiger partial charge is 0.264 e. The van der Waals surface area contributed by atoms with Crippen molar-refractivity contribution in [3.05, 3.63) is 103 Å². The molecule has 0 atom stereocenters. The summed E-state index contributed by atoms with van der Waals surface area (Å²) in [4.78, 5) is 13.3. The minimum absolute atomic E-state index is 0.902. The van der Waals surface area contributed by atoms with E-state index in [9.17, 15) is 0 Å². The fourth-order valence-corrected chi connectivity index (χ4v) is 2.76. The maximum atomic E-state index is 4.58. The fourth-order valence-electron chi connectivity index (χ4n) is 2.76. The highest BCUT2D eigenvalue weighted by Crippen LogP contribution is 2.24. The van der Waals surface area contributed by atoms with Crippen molar-refractivity contribution in [3.8, 4) is 22.5 Å². The Morgan fingerprint density at radius 2 is 1.50 bits per heavy atom. The molecule has 0 spiro atoms. The van der Waals surface area contributed by atoms with Crippen LogP contribution in [0.25, 0.3) is 34.7 Å². The Bertz CT molecular complexity index is 1010. The summed E-state index contributed by atoms with van der Waals surface area (Å²) in [6.07, 6.45) is 11.4. The Morgan fingerprint density at radius 3 is 2.27 bits per heavy atom. The molecule has 3 nitrogen and oxygen atoms in total. The molecule has 4 aromatic rings. The van der Waals surface area contributed by atoms with Gasteiger partial charge in [-0.1, -0.05) is 48.6 Å². The molecule has 3 heterocycles. The van der Waals surface area contributed by atoms with E-state index >= 15 is 0 Å². The van der Waals surface area contributed by atoms with Crippen LogP contribution in [-0.2, 0) is 0 Å². The van der Waals surface area contributed by atoms with E-state index in [0.29, 0.717) is 0 Å². The molecule has 0 fully saturated rings. The van der Waals surface area contributed by atoms with E-state index in [4.69, 9.17) is 0 Å². The van der Waals surface area contributed by atoms with Gasteiger partial charge in [-0.2, -0.15) is 0 Å². The maximum Gasteiger partial charge on any atom is 0.0789 e. The van der Waals surface area contributed by atoms with Gasteiger partial charge in [-0.15, -0.1) is 0 Å². The monoisotopic (exact) mass is 335 g/mol. The van der Waals surface area contributed by atoms with Crippen molar-refractivity contribution in [3.63, 3.8) is 0 Å². The van der Waals surface area contributed by atoms with Gasteiger partial charge in [0.1, 0.15) is 0 Å². The highest BCUT2D eigenvalue weighted by molar-refractivity contribution is 5.78. The van der Waals surface area contributed by atoms with Gasteiger partial charge in [0.2, 0.25) is 0 Å². The highest BCUT2D eigenvalue weighted by Gasteiger charge is 2.06. The average molecular weight is 335 g/mol. The number of hydrogen-bond donors (Lipinski definition) is 0. The molecule has 0 aliphatic rings. The third-order valence-electron chi connectivity index (χ3n) is 4.09. The topological polar surface area (TPSA) is 38.7 Å². The molecule has 1 aromatic carbocycles. The molecule has 4 rings (SSSR count). The molecule has 0 saturated heterocycles. The lowest BCUT2D eigenvalue weighted by atomic mass is 10.0. The van der Waals surface area contributed by atoms with Crippen LogP contribution in [-0.4, -0.2) is 15.0 Å². The molecular formula is C23H17N3. The first kappa shape index (κ1) is 15.9. The number of nitrogens with zero attached hydrogens (tertiary/aromatic N) is 3. The molecule has 0 unspecified atom stereocenters. The lowest BCUT2D eigenvalue weighted by Gasteiger charge is -2.06. The Labute approximate surface area is 152 Å². The van der Waals surface area contributed by atoms with Crippen LogP contribution in [0.15, 0.2) is 91.5 Å². The minimum atomic E-state index is 0.902. The summed E-state index contributed by atoms with van der Waals surface area (Å²) in [5.74, 6) is 0. The van der Waals surface area contributed by atoms with Crippen LogP contribution >= 0.6 is 0 Å². The molecule has 124 valence electrons. The molecule has 26 heavy (non-hydrogen) atoms. The lowest BCUT2D eigenvalue weighted by Crippen LogP contribution is -1.90. The molecule has 0 radical (unpaired) electrons. The van der Waals surface area contributed by atoms with Gasteiger partial charge in [0.05, 0.1) is 11.4 Å². The third-order valence-corrected chi connectivity index (χ3v) is 4.09. The van der Waals surface area contributed by atoms with Crippen LogP contribution in [0.1, 0.15) is 11.1 Å². The van der Waals surface area contributed by atoms with Crippen LogP contribution in [0, 0.1) is 0 Å². The lowest BCUT2D eigenvalue weighted by molar-refractivity contribution is 1.26. The fraction of sp³-hybridized carbons (Fsp3) is 0. The van der Waals surface area contributed by atoms with Crippen LogP contribution in [0.3, 0.4) is 0 Å². The van der Waals surface area contributed by atoms with Gasteiger partial charge in [0.25, 0.3) is 0 Å². The van der Waals surface area contributed by atoms with E-state index in [2.05, 4.69) is 51.4 Å². The van der Waals surface area contributed by atoms with E-state index in [-0.39, 0.29) is 0 Å². The molecule has 0 saturated carbocycles. The van der Waals surface area contributed by atoms with Crippen molar-refractivity contribution < 1.29 is 0 Å². The molecular weight excluding hydrogens is 318 g/mol. The van der Waals surface area contributed by atoms with Crippen molar-refractivity contribution >= 4 is 12.2 Å². The summed E-state index contributed by atoms with van der Waals surface area (Å²) < 4.78 is 0. The first-order valence-corrected chi connectivity index (χ1v) is 8.45. The predicted molar refractivity (Wildman–Crippen MR) is 106 cm³/mol.